The van der Waals surface area contributed by atoms with Crippen LogP contribution < -0.4 is 39.8 Å². The third-order valence-electron chi connectivity index (χ3n) is 6.39. The Morgan fingerprint density at radius 2 is 1.49 bits per heavy atom. The van der Waals surface area contributed by atoms with E-state index in [9.17, 15) is 32.1 Å². The molecule has 4 amide bonds. The monoisotopic (exact) mass is 618 g/mol. The smallest absolute Gasteiger partial charge is 0.731 e. The number of imide groups is 1. The van der Waals surface area contributed by atoms with Crippen molar-refractivity contribution in [2.45, 2.75) is 12.3 Å². The van der Waals surface area contributed by atoms with E-state index in [1.165, 1.54) is 12.1 Å². The number of para-hydroxylation sites is 2. The van der Waals surface area contributed by atoms with Gasteiger partial charge in [-0.05, 0) is 29.8 Å². The molecule has 4 rings (SSSR count). The normalized spacial score (nSPS) is 15.9. The molecule has 1 fully saturated rings. The SMILES string of the molecule is COC1(N(C(=O)CNc2ccccc2)C(=O)CN(C(=O)OCc2ccccc2)c2ccccc2)CN(S(=O)(=O)[O-])C1=O.[Na+]. The molecule has 1 aliphatic heterocycles. The van der Waals surface area contributed by atoms with Gasteiger partial charge >= 0.3 is 35.7 Å². The number of hydrogen-bond acceptors (Lipinski definition) is 10. The largest absolute Gasteiger partial charge is 1.00 e. The number of carbonyl (C=O) groups is 4. The Hall–Kier alpha value is -3.79. The molecule has 1 saturated heterocycles. The third kappa shape index (κ3) is 7.79. The first kappa shape index (κ1) is 33.7. The van der Waals surface area contributed by atoms with Crippen molar-refractivity contribution in [3.05, 3.63) is 96.6 Å². The van der Waals surface area contributed by atoms with Crippen molar-refractivity contribution in [2.75, 3.05) is 37.0 Å². The molecule has 1 N–H and O–H groups in total. The number of benzene rings is 3. The summed E-state index contributed by atoms with van der Waals surface area (Å²) in [4.78, 5) is 54.9. The van der Waals surface area contributed by atoms with Gasteiger partial charge in [0, 0.05) is 18.5 Å². The Morgan fingerprint density at radius 1 is 0.930 bits per heavy atom. The van der Waals surface area contributed by atoms with Gasteiger partial charge in [0.15, 0.2) is 10.3 Å². The van der Waals surface area contributed by atoms with Crippen LogP contribution in [0.15, 0.2) is 91.0 Å². The minimum absolute atomic E-state index is 0. The van der Waals surface area contributed by atoms with Crippen molar-refractivity contribution in [2.24, 2.45) is 0 Å². The zero-order valence-corrected chi connectivity index (χ0v) is 26.2. The second-order valence-corrected chi connectivity index (χ2v) is 10.4. The molecular formula is C28H27N4NaO9S. The van der Waals surface area contributed by atoms with E-state index in [1.54, 1.807) is 78.9 Å². The summed E-state index contributed by atoms with van der Waals surface area (Å²) in [6.07, 6.45) is -0.927. The second kappa shape index (κ2) is 14.6. The minimum atomic E-state index is -5.25. The number of amides is 4. The van der Waals surface area contributed by atoms with Gasteiger partial charge in [-0.3, -0.25) is 19.3 Å². The number of hydrogen-bond donors (Lipinski definition) is 1. The molecule has 1 atom stereocenters. The molecule has 1 aliphatic rings. The molecule has 3 aromatic carbocycles. The van der Waals surface area contributed by atoms with Crippen molar-refractivity contribution in [3.8, 4) is 0 Å². The van der Waals surface area contributed by atoms with Crippen molar-refractivity contribution in [1.29, 1.82) is 0 Å². The van der Waals surface area contributed by atoms with Crippen LogP contribution in [0.1, 0.15) is 5.56 Å². The van der Waals surface area contributed by atoms with Crippen LogP contribution in [0.5, 0.6) is 0 Å². The topological polar surface area (TPSA) is 166 Å². The maximum Gasteiger partial charge on any atom is 1.00 e. The van der Waals surface area contributed by atoms with Crippen LogP contribution in [-0.2, 0) is 40.8 Å². The Bertz CT molecular complexity index is 1550. The average molecular weight is 619 g/mol. The molecule has 0 saturated carbocycles. The molecule has 13 nitrogen and oxygen atoms in total. The van der Waals surface area contributed by atoms with Gasteiger partial charge in [0.05, 0.1) is 13.1 Å². The summed E-state index contributed by atoms with van der Waals surface area (Å²) < 4.78 is 45.3. The number of β-lactam (4-membered cyclic amide) rings is 1. The maximum atomic E-state index is 13.8. The molecular weight excluding hydrogens is 591 g/mol. The van der Waals surface area contributed by atoms with Gasteiger partial charge in [0.25, 0.3) is 23.4 Å². The van der Waals surface area contributed by atoms with Gasteiger partial charge in [0.1, 0.15) is 13.2 Å². The van der Waals surface area contributed by atoms with Crippen LogP contribution >= 0.6 is 0 Å². The summed E-state index contributed by atoms with van der Waals surface area (Å²) in [5.74, 6) is -3.49. The van der Waals surface area contributed by atoms with E-state index in [2.05, 4.69) is 5.32 Å². The fourth-order valence-electron chi connectivity index (χ4n) is 4.25. The van der Waals surface area contributed by atoms with Gasteiger partial charge in [0.2, 0.25) is 0 Å². The summed E-state index contributed by atoms with van der Waals surface area (Å²) >= 11 is 0. The summed E-state index contributed by atoms with van der Waals surface area (Å²) in [5, 5.41) is 2.82. The van der Waals surface area contributed by atoms with Crippen LogP contribution in [0, 0.1) is 0 Å². The second-order valence-electron chi connectivity index (χ2n) is 9.06. The van der Waals surface area contributed by atoms with Gasteiger partial charge in [-0.15, -0.1) is 0 Å². The Labute approximate surface area is 270 Å². The molecule has 220 valence electrons. The van der Waals surface area contributed by atoms with E-state index < -0.39 is 59.5 Å². The van der Waals surface area contributed by atoms with E-state index in [1.807, 2.05) is 0 Å². The zero-order valence-electron chi connectivity index (χ0n) is 23.4. The van der Waals surface area contributed by atoms with Crippen LogP contribution in [0.25, 0.3) is 0 Å². The third-order valence-corrected chi connectivity index (χ3v) is 7.23. The summed E-state index contributed by atoms with van der Waals surface area (Å²) in [6, 6.07) is 25.3. The van der Waals surface area contributed by atoms with E-state index in [0.29, 0.717) is 16.2 Å². The van der Waals surface area contributed by atoms with Crippen molar-refractivity contribution in [1.82, 2.24) is 9.21 Å². The van der Waals surface area contributed by atoms with Gasteiger partial charge in [-0.2, -0.15) is 0 Å². The number of methoxy groups -OCH3 is 1. The molecule has 0 aromatic heterocycles. The number of nitrogens with zero attached hydrogens (tertiary/aromatic N) is 3. The molecule has 0 spiro atoms. The molecule has 0 radical (unpaired) electrons. The molecule has 3 aromatic rings. The minimum Gasteiger partial charge on any atom is -0.731 e. The van der Waals surface area contributed by atoms with Gasteiger partial charge in [-0.25, -0.2) is 22.4 Å². The summed E-state index contributed by atoms with van der Waals surface area (Å²) in [6.45, 7) is -2.34. The van der Waals surface area contributed by atoms with Crippen LogP contribution in [0.4, 0.5) is 16.2 Å². The molecule has 15 heteroatoms. The molecule has 1 unspecified atom stereocenters. The van der Waals surface area contributed by atoms with E-state index in [-0.39, 0.29) is 46.2 Å². The van der Waals surface area contributed by atoms with Crippen molar-refractivity contribution in [3.63, 3.8) is 0 Å². The Kier molecular flexibility index (Phi) is 11.4. The zero-order chi connectivity index (χ0) is 30.3. The summed E-state index contributed by atoms with van der Waals surface area (Å²) in [7, 11) is -4.25. The first-order valence-electron chi connectivity index (χ1n) is 12.6. The van der Waals surface area contributed by atoms with Crippen LogP contribution in [-0.4, -0.2) is 78.5 Å². The standard InChI is InChI=1S/C28H28N4O9S.Na/c1-40-28(20-31(26(28)35)42(37,38)39)32(24(33)17-29-22-13-7-3-8-14-22)25(34)18-30(23-15-9-4-10-16-23)27(36)41-19-21-11-5-2-6-12-21;/h2-16,29H,17-20H2,1H3,(H,37,38,39);/q;+1/p-1. The number of nitrogens with one attached hydrogen (secondary N) is 1. The number of carbonyl (C=O) groups excluding carboxylic acids is 4. The molecule has 0 aliphatic carbocycles. The number of ether oxygens (including phenoxy) is 2. The van der Waals surface area contributed by atoms with Crippen LogP contribution in [0.2, 0.25) is 0 Å². The van der Waals surface area contributed by atoms with E-state index >= 15 is 0 Å². The maximum absolute atomic E-state index is 13.8. The van der Waals surface area contributed by atoms with Crippen molar-refractivity contribution >= 4 is 45.5 Å². The van der Waals surface area contributed by atoms with Crippen molar-refractivity contribution < 1.29 is 71.2 Å². The average Bonchev–Trinajstić information content (AvgIpc) is 2.99. The Morgan fingerprint density at radius 3 is 2.02 bits per heavy atom. The fraction of sp³-hybridized carbons (Fsp3) is 0.214. The van der Waals surface area contributed by atoms with Crippen LogP contribution in [0.3, 0.4) is 0 Å². The van der Waals surface area contributed by atoms with E-state index in [0.717, 1.165) is 12.0 Å². The van der Waals surface area contributed by atoms with Gasteiger partial charge in [-0.1, -0.05) is 66.7 Å². The molecule has 43 heavy (non-hydrogen) atoms. The number of anilines is 2. The van der Waals surface area contributed by atoms with E-state index in [4.69, 9.17) is 9.47 Å². The molecule has 1 heterocycles. The fourth-order valence-corrected chi connectivity index (χ4v) is 4.93. The predicted octanol–water partition coefficient (Wildman–Crippen LogP) is -1.05. The first-order valence-corrected chi connectivity index (χ1v) is 13.9. The first-order chi connectivity index (χ1) is 20.1. The Balaban J connectivity index is 0.00000506. The predicted molar refractivity (Wildman–Crippen MR) is 148 cm³/mol. The number of rotatable bonds is 11. The quantitative estimate of drug-likeness (QED) is 0.121. The summed E-state index contributed by atoms with van der Waals surface area (Å²) in [5.41, 5.74) is -0.982. The van der Waals surface area contributed by atoms with Gasteiger partial charge < -0.3 is 19.3 Å². The molecule has 0 bridgehead atoms.